The maximum absolute atomic E-state index is 10.1. The van der Waals surface area contributed by atoms with Gasteiger partial charge in [0.2, 0.25) is 0 Å². The summed E-state index contributed by atoms with van der Waals surface area (Å²) < 4.78 is 16.9. The first kappa shape index (κ1) is 16.0. The molecule has 0 aliphatic carbocycles. The Balaban J connectivity index is 1.59. The molecule has 0 fully saturated rings. The van der Waals surface area contributed by atoms with Crippen LogP contribution in [0.4, 0.5) is 0 Å². The first-order valence-corrected chi connectivity index (χ1v) is 8.39. The number of aliphatic hydroxyl groups excluding tert-OH is 1. The second kappa shape index (κ2) is 6.43. The van der Waals surface area contributed by atoms with Crippen molar-refractivity contribution < 1.29 is 19.0 Å². The van der Waals surface area contributed by atoms with E-state index in [0.29, 0.717) is 19.6 Å². The van der Waals surface area contributed by atoms with Gasteiger partial charge in [-0.1, -0.05) is 18.2 Å². The molecule has 0 amide bonds. The molecule has 5 nitrogen and oxygen atoms in total. The molecule has 25 heavy (non-hydrogen) atoms. The summed E-state index contributed by atoms with van der Waals surface area (Å²) in [5, 5.41) is 14.6. The van der Waals surface area contributed by atoms with Crippen LogP contribution in [0.25, 0.3) is 11.0 Å². The number of aliphatic hydroxyl groups is 1. The van der Waals surface area contributed by atoms with Crippen molar-refractivity contribution in [2.75, 3.05) is 20.3 Å². The van der Waals surface area contributed by atoms with Crippen LogP contribution in [0.3, 0.4) is 0 Å². The Morgan fingerprint density at radius 3 is 2.92 bits per heavy atom. The van der Waals surface area contributed by atoms with Gasteiger partial charge >= 0.3 is 0 Å². The third-order valence-corrected chi connectivity index (χ3v) is 4.83. The zero-order valence-electron chi connectivity index (χ0n) is 14.1. The molecule has 0 radical (unpaired) electrons. The van der Waals surface area contributed by atoms with E-state index in [1.165, 1.54) is 0 Å². The minimum Gasteiger partial charge on any atom is -0.497 e. The topological polar surface area (TPSA) is 63.9 Å². The Morgan fingerprint density at radius 1 is 1.20 bits per heavy atom. The second-order valence-corrected chi connectivity index (χ2v) is 6.30. The molecule has 0 unspecified atom stereocenters. The normalized spacial score (nSPS) is 19.4. The maximum atomic E-state index is 10.1. The van der Waals surface area contributed by atoms with Crippen molar-refractivity contribution in [3.63, 3.8) is 0 Å². The van der Waals surface area contributed by atoms with E-state index in [9.17, 15) is 5.11 Å². The largest absolute Gasteiger partial charge is 0.497 e. The van der Waals surface area contributed by atoms with Crippen LogP contribution in [0.15, 0.2) is 52.9 Å². The predicted molar refractivity (Wildman–Crippen MR) is 94.9 cm³/mol. The number of hydrogen-bond donors (Lipinski definition) is 2. The molecule has 2 N–H and O–H groups in total. The van der Waals surface area contributed by atoms with E-state index in [2.05, 4.69) is 5.32 Å². The summed E-state index contributed by atoms with van der Waals surface area (Å²) in [5.74, 6) is 2.45. The van der Waals surface area contributed by atoms with Crippen molar-refractivity contribution in [1.29, 1.82) is 0 Å². The van der Waals surface area contributed by atoms with E-state index in [0.717, 1.165) is 33.8 Å². The Morgan fingerprint density at radius 2 is 2.08 bits per heavy atom. The molecule has 4 rings (SSSR count). The van der Waals surface area contributed by atoms with Crippen LogP contribution in [-0.4, -0.2) is 25.4 Å². The first-order chi connectivity index (χ1) is 12.2. The number of ether oxygens (including phenoxy) is 2. The van der Waals surface area contributed by atoms with Crippen LogP contribution in [0, 0.1) is 0 Å². The zero-order valence-corrected chi connectivity index (χ0v) is 14.1. The lowest BCUT2D eigenvalue weighted by atomic mass is 9.85. The average molecular weight is 339 g/mol. The second-order valence-electron chi connectivity index (χ2n) is 6.30. The van der Waals surface area contributed by atoms with Crippen molar-refractivity contribution in [2.45, 2.75) is 18.5 Å². The summed E-state index contributed by atoms with van der Waals surface area (Å²) >= 11 is 0. The molecule has 0 saturated heterocycles. The lowest BCUT2D eigenvalue weighted by Crippen LogP contribution is -2.48. The van der Waals surface area contributed by atoms with Gasteiger partial charge in [0.1, 0.15) is 22.8 Å². The van der Waals surface area contributed by atoms with Gasteiger partial charge in [0.25, 0.3) is 0 Å². The summed E-state index contributed by atoms with van der Waals surface area (Å²) in [6, 6.07) is 15.6. The Kier molecular flexibility index (Phi) is 4.11. The van der Waals surface area contributed by atoms with Crippen LogP contribution in [0.1, 0.15) is 17.7 Å². The van der Waals surface area contributed by atoms with Gasteiger partial charge in [-0.25, -0.2) is 0 Å². The number of methoxy groups -OCH3 is 1. The van der Waals surface area contributed by atoms with Crippen molar-refractivity contribution >= 4 is 11.0 Å². The number of para-hydroxylation sites is 1. The maximum Gasteiger partial charge on any atom is 0.134 e. The summed E-state index contributed by atoms with van der Waals surface area (Å²) in [5.41, 5.74) is 1.29. The van der Waals surface area contributed by atoms with Crippen molar-refractivity contribution in [2.24, 2.45) is 0 Å². The quantitative estimate of drug-likeness (QED) is 0.747. The number of furan rings is 1. The number of rotatable bonds is 5. The Hall–Kier alpha value is -2.50. The molecule has 2 heterocycles. The van der Waals surface area contributed by atoms with Gasteiger partial charge in [-0.2, -0.15) is 0 Å². The Bertz CT molecular complexity index is 888. The molecule has 5 heteroatoms. The highest BCUT2D eigenvalue weighted by Gasteiger charge is 2.36. The van der Waals surface area contributed by atoms with Gasteiger partial charge in [0.05, 0.1) is 32.4 Å². The summed E-state index contributed by atoms with van der Waals surface area (Å²) in [6.45, 7) is 1.09. The van der Waals surface area contributed by atoms with Crippen molar-refractivity contribution in [3.8, 4) is 11.5 Å². The molecule has 3 aromatic rings. The molecule has 1 atom stereocenters. The van der Waals surface area contributed by atoms with Crippen LogP contribution in [-0.2, 0) is 12.1 Å². The fourth-order valence-electron chi connectivity index (χ4n) is 3.41. The monoisotopic (exact) mass is 339 g/mol. The van der Waals surface area contributed by atoms with E-state index < -0.39 is 5.54 Å². The van der Waals surface area contributed by atoms with Gasteiger partial charge < -0.3 is 19.0 Å². The van der Waals surface area contributed by atoms with E-state index in [-0.39, 0.29) is 6.61 Å². The zero-order chi connectivity index (χ0) is 17.3. The molecular formula is C20H21NO4. The minimum absolute atomic E-state index is 0.00141. The highest BCUT2D eigenvalue weighted by molar-refractivity contribution is 5.79. The molecule has 0 spiro atoms. The van der Waals surface area contributed by atoms with E-state index >= 15 is 0 Å². The van der Waals surface area contributed by atoms with Crippen LogP contribution < -0.4 is 14.8 Å². The minimum atomic E-state index is -0.522. The fourth-order valence-corrected chi connectivity index (χ4v) is 3.41. The lowest BCUT2D eigenvalue weighted by molar-refractivity contribution is 0.104. The van der Waals surface area contributed by atoms with Crippen LogP contribution >= 0.6 is 0 Å². The molecular weight excluding hydrogens is 318 g/mol. The molecule has 1 aromatic heterocycles. The van der Waals surface area contributed by atoms with Crippen molar-refractivity contribution in [1.82, 2.24) is 5.32 Å². The highest BCUT2D eigenvalue weighted by atomic mass is 16.5. The molecule has 1 aliphatic rings. The number of hydrogen-bond acceptors (Lipinski definition) is 5. The molecule has 130 valence electrons. The summed E-state index contributed by atoms with van der Waals surface area (Å²) in [6.07, 6.45) is 0.703. The third kappa shape index (κ3) is 2.86. The number of fused-ring (bicyclic) bond motifs is 2. The molecule has 0 bridgehead atoms. The standard InChI is InChI=1S/C20H21NO4/c1-23-15-6-7-18-14(10-15)11-16(25-18)12-21-20(13-22)8-9-24-19-5-3-2-4-17(19)20/h2-7,10-11,21-22H,8-9,12-13H2,1H3/t20-/m0/s1. The molecule has 1 aliphatic heterocycles. The molecule has 2 aromatic carbocycles. The highest BCUT2D eigenvalue weighted by Crippen LogP contribution is 2.37. The van der Waals surface area contributed by atoms with Gasteiger partial charge in [0.15, 0.2) is 0 Å². The average Bonchev–Trinajstić information content (AvgIpc) is 3.08. The van der Waals surface area contributed by atoms with Gasteiger partial charge in [-0.05, 0) is 30.3 Å². The molecule has 0 saturated carbocycles. The van der Waals surface area contributed by atoms with E-state index in [4.69, 9.17) is 13.9 Å². The van der Waals surface area contributed by atoms with Gasteiger partial charge in [0, 0.05) is 17.4 Å². The SMILES string of the molecule is COc1ccc2oc(CN[C@]3(CO)CCOc4ccccc43)cc2c1. The summed E-state index contributed by atoms with van der Waals surface area (Å²) in [7, 11) is 1.65. The Labute approximate surface area is 146 Å². The van der Waals surface area contributed by atoms with Gasteiger partial charge in [-0.15, -0.1) is 0 Å². The van der Waals surface area contributed by atoms with Crippen LogP contribution in [0.2, 0.25) is 0 Å². The summed E-state index contributed by atoms with van der Waals surface area (Å²) in [4.78, 5) is 0. The van der Waals surface area contributed by atoms with E-state index in [1.54, 1.807) is 7.11 Å². The smallest absolute Gasteiger partial charge is 0.134 e. The lowest BCUT2D eigenvalue weighted by Gasteiger charge is -2.38. The van der Waals surface area contributed by atoms with E-state index in [1.807, 2.05) is 48.5 Å². The van der Waals surface area contributed by atoms with Crippen molar-refractivity contribution in [3.05, 3.63) is 59.9 Å². The fraction of sp³-hybridized carbons (Fsp3) is 0.300. The first-order valence-electron chi connectivity index (χ1n) is 8.39. The predicted octanol–water partition coefficient (Wildman–Crippen LogP) is 3.20. The number of nitrogens with one attached hydrogen (secondary N) is 1. The van der Waals surface area contributed by atoms with Crippen LogP contribution in [0.5, 0.6) is 11.5 Å². The number of benzene rings is 2. The third-order valence-electron chi connectivity index (χ3n) is 4.83. The van der Waals surface area contributed by atoms with Gasteiger partial charge in [-0.3, -0.25) is 5.32 Å².